The fourth-order valence-electron chi connectivity index (χ4n) is 2.78. The third kappa shape index (κ3) is 5.17. The van der Waals surface area contributed by atoms with Gasteiger partial charge in [-0.2, -0.15) is 0 Å². The molecule has 1 aliphatic heterocycles. The van der Waals surface area contributed by atoms with E-state index in [1.807, 2.05) is 4.72 Å². The van der Waals surface area contributed by atoms with Crippen molar-refractivity contribution in [3.05, 3.63) is 24.3 Å². The van der Waals surface area contributed by atoms with Crippen molar-refractivity contribution in [2.75, 3.05) is 11.9 Å². The van der Waals surface area contributed by atoms with E-state index >= 15 is 0 Å². The Morgan fingerprint density at radius 1 is 1.07 bits per heavy atom. The summed E-state index contributed by atoms with van der Waals surface area (Å²) in [6, 6.07) is 4.26. The third-order valence-electron chi connectivity index (χ3n) is 4.05. The second kappa shape index (κ2) is 8.84. The number of sulfonamides is 1. The normalized spacial score (nSPS) is 27.7. The van der Waals surface area contributed by atoms with Gasteiger partial charge in [-0.3, -0.25) is 9.59 Å². The summed E-state index contributed by atoms with van der Waals surface area (Å²) in [4.78, 5) is 22.3. The summed E-state index contributed by atoms with van der Waals surface area (Å²) in [5.41, 5.74) is 0.377. The smallest absolute Gasteiger partial charge is 0.264 e. The number of aliphatic hydroxyl groups excluding tert-OH is 3. The van der Waals surface area contributed by atoms with Crippen LogP contribution >= 0.6 is 0 Å². The zero-order valence-electron chi connectivity index (χ0n) is 15.2. The summed E-state index contributed by atoms with van der Waals surface area (Å²) >= 11 is 0. The van der Waals surface area contributed by atoms with Crippen molar-refractivity contribution in [3.8, 4) is 0 Å². The molecule has 156 valence electrons. The Morgan fingerprint density at radius 3 is 2.18 bits per heavy atom. The van der Waals surface area contributed by atoms with Gasteiger partial charge in [0.05, 0.1) is 11.5 Å². The molecular formula is C16H23N3O8S. The molecule has 0 aromatic heterocycles. The monoisotopic (exact) mass is 417 g/mol. The van der Waals surface area contributed by atoms with E-state index in [9.17, 15) is 33.3 Å². The molecule has 0 spiro atoms. The summed E-state index contributed by atoms with van der Waals surface area (Å²) in [6.07, 6.45) is -4.93. The van der Waals surface area contributed by atoms with Crippen molar-refractivity contribution in [1.29, 1.82) is 0 Å². The highest BCUT2D eigenvalue weighted by atomic mass is 32.2. The van der Waals surface area contributed by atoms with Gasteiger partial charge >= 0.3 is 0 Å². The number of nitrogens with one attached hydrogen (secondary N) is 3. The van der Waals surface area contributed by atoms with E-state index in [-0.39, 0.29) is 4.90 Å². The van der Waals surface area contributed by atoms with Crippen molar-refractivity contribution >= 4 is 27.5 Å². The third-order valence-corrected chi connectivity index (χ3v) is 5.50. The number of carbonyl (C=O) groups excluding carboxylic acids is 2. The van der Waals surface area contributed by atoms with E-state index in [2.05, 4.69) is 10.6 Å². The number of amides is 2. The molecule has 12 heteroatoms. The molecular weight excluding hydrogens is 394 g/mol. The van der Waals surface area contributed by atoms with Gasteiger partial charge in [-0.15, -0.1) is 0 Å². The number of hydrogen-bond acceptors (Lipinski definition) is 9. The molecule has 1 saturated heterocycles. The van der Waals surface area contributed by atoms with Gasteiger partial charge in [0.2, 0.25) is 11.8 Å². The first-order valence-electron chi connectivity index (χ1n) is 8.34. The molecule has 11 nitrogen and oxygen atoms in total. The SMILES string of the molecule is CC(=O)N[C@H]1[C@@H](O)[C@H](O)[C@H](CO)O[C@@H]1Nc1ccc(S(=O)(=O)NC(C)=O)cc1. The lowest BCUT2D eigenvalue weighted by molar-refractivity contribution is -0.188. The van der Waals surface area contributed by atoms with Crippen LogP contribution < -0.4 is 15.4 Å². The molecule has 1 heterocycles. The first-order chi connectivity index (χ1) is 13.0. The summed E-state index contributed by atoms with van der Waals surface area (Å²) in [5.74, 6) is -1.19. The Labute approximate surface area is 161 Å². The minimum atomic E-state index is -3.99. The standard InChI is InChI=1S/C16H23N3O8S/c1-8(21)17-13-15(24)14(23)12(7-20)27-16(13)18-10-3-5-11(6-4-10)28(25,26)19-9(2)22/h3-6,12-16,18,20,23-24H,7H2,1-2H3,(H,17,21)(H,19,22)/t12-,13-,14+,15+,16-/m0/s1. The highest BCUT2D eigenvalue weighted by Gasteiger charge is 2.44. The van der Waals surface area contributed by atoms with Crippen LogP contribution in [0, 0.1) is 0 Å². The van der Waals surface area contributed by atoms with E-state index in [4.69, 9.17) is 4.74 Å². The Kier molecular flexibility index (Phi) is 6.96. The van der Waals surface area contributed by atoms with Crippen molar-refractivity contribution < 1.29 is 38.1 Å². The average Bonchev–Trinajstić information content (AvgIpc) is 2.60. The second-order valence-electron chi connectivity index (χ2n) is 6.32. The molecule has 1 aromatic rings. The van der Waals surface area contributed by atoms with E-state index < -0.39 is 59.0 Å². The van der Waals surface area contributed by atoms with Crippen molar-refractivity contribution in [1.82, 2.24) is 10.0 Å². The van der Waals surface area contributed by atoms with Gasteiger partial charge in [0.15, 0.2) is 6.23 Å². The van der Waals surface area contributed by atoms with Gasteiger partial charge in [-0.05, 0) is 24.3 Å². The van der Waals surface area contributed by atoms with E-state index in [1.54, 1.807) is 0 Å². The topological polar surface area (TPSA) is 174 Å². The lowest BCUT2D eigenvalue weighted by Crippen LogP contribution is -2.65. The Hall–Kier alpha value is -2.25. The number of rotatable bonds is 6. The number of anilines is 1. The second-order valence-corrected chi connectivity index (χ2v) is 8.00. The largest absolute Gasteiger partial charge is 0.394 e. The van der Waals surface area contributed by atoms with Crippen molar-refractivity contribution in [2.24, 2.45) is 0 Å². The van der Waals surface area contributed by atoms with Crippen LogP contribution in [-0.4, -0.2) is 72.7 Å². The Morgan fingerprint density at radius 2 is 1.68 bits per heavy atom. The van der Waals surface area contributed by atoms with Crippen LogP contribution in [0.5, 0.6) is 0 Å². The number of hydrogen-bond donors (Lipinski definition) is 6. The van der Waals surface area contributed by atoms with Gasteiger partial charge in [0, 0.05) is 19.5 Å². The molecule has 0 aliphatic carbocycles. The molecule has 2 amide bonds. The zero-order chi connectivity index (χ0) is 21.1. The highest BCUT2D eigenvalue weighted by molar-refractivity contribution is 7.90. The summed E-state index contributed by atoms with van der Waals surface area (Å²) in [7, 11) is -3.99. The van der Waals surface area contributed by atoms with Crippen LogP contribution in [0.3, 0.4) is 0 Å². The molecule has 2 rings (SSSR count). The minimum absolute atomic E-state index is 0.139. The summed E-state index contributed by atoms with van der Waals surface area (Å²) in [5, 5.41) is 34.9. The fourth-order valence-corrected chi connectivity index (χ4v) is 3.77. The molecule has 5 atom stereocenters. The highest BCUT2D eigenvalue weighted by Crippen LogP contribution is 2.24. The van der Waals surface area contributed by atoms with E-state index in [0.29, 0.717) is 5.69 Å². The van der Waals surface area contributed by atoms with Crippen molar-refractivity contribution in [3.63, 3.8) is 0 Å². The first kappa shape index (κ1) is 22.0. The maximum Gasteiger partial charge on any atom is 0.264 e. The van der Waals surface area contributed by atoms with Crippen LogP contribution in [0.25, 0.3) is 0 Å². The van der Waals surface area contributed by atoms with Crippen LogP contribution in [0.15, 0.2) is 29.2 Å². The van der Waals surface area contributed by atoms with Gasteiger partial charge in [0.1, 0.15) is 24.4 Å². The number of benzene rings is 1. The lowest BCUT2D eigenvalue weighted by atomic mass is 9.96. The minimum Gasteiger partial charge on any atom is -0.394 e. The van der Waals surface area contributed by atoms with Crippen LogP contribution in [0.2, 0.25) is 0 Å². The lowest BCUT2D eigenvalue weighted by Gasteiger charge is -2.43. The number of carbonyl (C=O) groups is 2. The molecule has 28 heavy (non-hydrogen) atoms. The quantitative estimate of drug-likeness (QED) is 0.302. The van der Waals surface area contributed by atoms with Crippen LogP contribution in [0.1, 0.15) is 13.8 Å². The maximum absolute atomic E-state index is 12.0. The zero-order valence-corrected chi connectivity index (χ0v) is 16.0. The van der Waals surface area contributed by atoms with Gasteiger partial charge < -0.3 is 30.7 Å². The fraction of sp³-hybridized carbons (Fsp3) is 0.500. The Balaban J connectivity index is 2.21. The number of ether oxygens (including phenoxy) is 1. The van der Waals surface area contributed by atoms with Gasteiger partial charge in [-0.1, -0.05) is 0 Å². The van der Waals surface area contributed by atoms with E-state index in [0.717, 1.165) is 6.92 Å². The van der Waals surface area contributed by atoms with Crippen LogP contribution in [-0.2, 0) is 24.3 Å². The average molecular weight is 417 g/mol. The predicted octanol–water partition coefficient (Wildman–Crippen LogP) is -2.13. The predicted molar refractivity (Wildman–Crippen MR) is 96.4 cm³/mol. The molecule has 1 aliphatic rings. The molecule has 0 unspecified atom stereocenters. The van der Waals surface area contributed by atoms with E-state index in [1.165, 1.54) is 31.2 Å². The molecule has 0 bridgehead atoms. The Bertz CT molecular complexity index is 814. The van der Waals surface area contributed by atoms with Gasteiger partial charge in [0.25, 0.3) is 10.0 Å². The maximum atomic E-state index is 12.0. The summed E-state index contributed by atoms with van der Waals surface area (Å²) in [6.45, 7) is 1.75. The van der Waals surface area contributed by atoms with Gasteiger partial charge in [-0.25, -0.2) is 13.1 Å². The molecule has 1 fully saturated rings. The molecule has 6 N–H and O–H groups in total. The van der Waals surface area contributed by atoms with Crippen LogP contribution in [0.4, 0.5) is 5.69 Å². The first-order valence-corrected chi connectivity index (χ1v) is 9.83. The summed E-state index contributed by atoms with van der Waals surface area (Å²) < 4.78 is 31.3. The molecule has 1 aromatic carbocycles. The van der Waals surface area contributed by atoms with Crippen molar-refractivity contribution in [2.45, 2.75) is 49.3 Å². The number of aliphatic hydroxyl groups is 3. The molecule has 0 radical (unpaired) electrons. The molecule has 0 saturated carbocycles.